The number of ketones is 1. The number of carbonyl (C=O) groups excluding carboxylic acids is 2. The summed E-state index contributed by atoms with van der Waals surface area (Å²) in [6.45, 7) is 0. The molecule has 0 radical (unpaired) electrons. The van der Waals surface area contributed by atoms with E-state index in [1.54, 1.807) is 30.7 Å². The second-order valence-corrected chi connectivity index (χ2v) is 6.29. The monoisotopic (exact) mass is 370 g/mol. The molecule has 2 aromatic heterocycles. The summed E-state index contributed by atoms with van der Waals surface area (Å²) in [6, 6.07) is 19.4. The largest absolute Gasteiger partial charge is 0.360 e. The van der Waals surface area contributed by atoms with Crippen LogP contribution in [-0.2, 0) is 0 Å². The number of nitrogens with one attached hydrogen (secondary N) is 3. The van der Waals surface area contributed by atoms with Crippen molar-refractivity contribution in [3.8, 4) is 0 Å². The molecule has 0 aliphatic heterocycles. The van der Waals surface area contributed by atoms with Crippen molar-refractivity contribution < 1.29 is 9.59 Å². The number of fused-ring (bicyclic) bond motifs is 1. The van der Waals surface area contributed by atoms with Gasteiger partial charge in [0, 0.05) is 40.6 Å². The fourth-order valence-corrected chi connectivity index (χ4v) is 3.09. The molecule has 1 amide bonds. The smallest absolute Gasteiger partial charge is 0.265 e. The van der Waals surface area contributed by atoms with Gasteiger partial charge in [-0.05, 0) is 23.8 Å². The Hall–Kier alpha value is -3.77. The summed E-state index contributed by atoms with van der Waals surface area (Å²) in [5.74, 6) is -0.478. The predicted octanol–water partition coefficient (Wildman–Crippen LogP) is 3.42. The molecule has 138 valence electrons. The van der Waals surface area contributed by atoms with E-state index < -0.39 is 6.04 Å². The van der Waals surface area contributed by atoms with Crippen LogP contribution in [0.5, 0.6) is 0 Å². The standard InChI is InChI=1S/C22H18N4O2/c27-21(18-14-24-19-9-5-4-8-17(18)19)20(15-6-2-1-3-7-15)25-26-22(28)16-10-12-23-13-11-16/h1-14,20,24-25H,(H,26,28)/t20-/m0/s1. The van der Waals surface area contributed by atoms with Crippen LogP contribution in [0.2, 0.25) is 0 Å². The lowest BCUT2D eigenvalue weighted by Crippen LogP contribution is -2.43. The third-order valence-corrected chi connectivity index (χ3v) is 4.52. The van der Waals surface area contributed by atoms with Crippen LogP contribution in [0, 0.1) is 0 Å². The molecule has 0 aliphatic carbocycles. The van der Waals surface area contributed by atoms with Crippen molar-refractivity contribution in [2.45, 2.75) is 6.04 Å². The Labute approximate surface area is 161 Å². The summed E-state index contributed by atoms with van der Waals surface area (Å²) in [7, 11) is 0. The molecule has 6 heteroatoms. The molecule has 0 saturated heterocycles. The molecule has 6 nitrogen and oxygen atoms in total. The molecule has 0 aliphatic rings. The molecule has 0 saturated carbocycles. The van der Waals surface area contributed by atoms with E-state index in [0.717, 1.165) is 16.5 Å². The van der Waals surface area contributed by atoms with Crippen molar-refractivity contribution in [2.24, 2.45) is 0 Å². The quantitative estimate of drug-likeness (QED) is 0.358. The average Bonchev–Trinajstić information content (AvgIpc) is 3.19. The number of amides is 1. The molecule has 2 aromatic carbocycles. The van der Waals surface area contributed by atoms with Gasteiger partial charge < -0.3 is 4.98 Å². The first kappa shape index (κ1) is 17.6. The van der Waals surface area contributed by atoms with Crippen molar-refractivity contribution in [1.82, 2.24) is 20.8 Å². The van der Waals surface area contributed by atoms with Gasteiger partial charge in [-0.2, -0.15) is 0 Å². The molecule has 4 aromatic rings. The Bertz CT molecular complexity index is 1110. The van der Waals surface area contributed by atoms with Gasteiger partial charge in [0.1, 0.15) is 6.04 Å². The van der Waals surface area contributed by atoms with E-state index in [1.165, 1.54) is 0 Å². The zero-order valence-corrected chi connectivity index (χ0v) is 14.9. The highest BCUT2D eigenvalue weighted by Gasteiger charge is 2.24. The van der Waals surface area contributed by atoms with Gasteiger partial charge in [-0.25, -0.2) is 5.43 Å². The van der Waals surface area contributed by atoms with E-state index in [2.05, 4.69) is 20.8 Å². The van der Waals surface area contributed by atoms with E-state index in [0.29, 0.717) is 11.1 Å². The summed E-state index contributed by atoms with van der Waals surface area (Å²) in [6.07, 6.45) is 4.79. The van der Waals surface area contributed by atoms with Crippen LogP contribution in [0.15, 0.2) is 85.3 Å². The average molecular weight is 370 g/mol. The molecular weight excluding hydrogens is 352 g/mol. The molecular formula is C22H18N4O2. The number of Topliss-reactive ketones (excluding diaryl/α,β-unsaturated/α-hetero) is 1. The molecule has 0 fully saturated rings. The van der Waals surface area contributed by atoms with Gasteiger partial charge >= 0.3 is 0 Å². The number of nitrogens with zero attached hydrogens (tertiary/aromatic N) is 1. The molecule has 28 heavy (non-hydrogen) atoms. The first-order valence-corrected chi connectivity index (χ1v) is 8.85. The predicted molar refractivity (Wildman–Crippen MR) is 107 cm³/mol. The first-order chi connectivity index (χ1) is 13.7. The number of aromatic amines is 1. The number of hydrazine groups is 1. The van der Waals surface area contributed by atoms with Crippen LogP contribution in [0.3, 0.4) is 0 Å². The second kappa shape index (κ2) is 7.85. The summed E-state index contributed by atoms with van der Waals surface area (Å²) in [5.41, 5.74) is 8.21. The minimum absolute atomic E-state index is 0.140. The zero-order valence-electron chi connectivity index (χ0n) is 14.9. The Morgan fingerprint density at radius 3 is 2.39 bits per heavy atom. The lowest BCUT2D eigenvalue weighted by atomic mass is 9.97. The minimum Gasteiger partial charge on any atom is -0.360 e. The lowest BCUT2D eigenvalue weighted by Gasteiger charge is -2.18. The Kier molecular flexibility index (Phi) is 4.95. The van der Waals surface area contributed by atoms with Crippen molar-refractivity contribution in [2.75, 3.05) is 0 Å². The summed E-state index contributed by atoms with van der Waals surface area (Å²) >= 11 is 0. The topological polar surface area (TPSA) is 86.9 Å². The normalized spacial score (nSPS) is 11.9. The highest BCUT2D eigenvalue weighted by Crippen LogP contribution is 2.24. The Balaban J connectivity index is 1.62. The minimum atomic E-state index is -0.730. The molecule has 2 heterocycles. The fourth-order valence-electron chi connectivity index (χ4n) is 3.09. The van der Waals surface area contributed by atoms with Crippen LogP contribution < -0.4 is 10.9 Å². The number of aromatic nitrogens is 2. The number of pyridine rings is 1. The lowest BCUT2D eigenvalue weighted by molar-refractivity contribution is 0.0884. The van der Waals surface area contributed by atoms with E-state index in [4.69, 9.17) is 0 Å². The Morgan fingerprint density at radius 2 is 1.61 bits per heavy atom. The molecule has 4 rings (SSSR count). The maximum atomic E-state index is 13.3. The maximum absolute atomic E-state index is 13.3. The van der Waals surface area contributed by atoms with Crippen LogP contribution in [0.25, 0.3) is 10.9 Å². The first-order valence-electron chi connectivity index (χ1n) is 8.85. The van der Waals surface area contributed by atoms with Crippen LogP contribution >= 0.6 is 0 Å². The van der Waals surface area contributed by atoms with Crippen molar-refractivity contribution in [3.05, 3.63) is 102 Å². The molecule has 0 bridgehead atoms. The van der Waals surface area contributed by atoms with Crippen molar-refractivity contribution in [1.29, 1.82) is 0 Å². The van der Waals surface area contributed by atoms with Crippen LogP contribution in [-0.4, -0.2) is 21.7 Å². The van der Waals surface area contributed by atoms with Crippen LogP contribution in [0.4, 0.5) is 0 Å². The van der Waals surface area contributed by atoms with E-state index in [1.807, 2.05) is 54.6 Å². The number of H-pyrrole nitrogens is 1. The van der Waals surface area contributed by atoms with Crippen LogP contribution in [0.1, 0.15) is 32.3 Å². The molecule has 0 unspecified atom stereocenters. The number of para-hydroxylation sites is 1. The third-order valence-electron chi connectivity index (χ3n) is 4.52. The zero-order chi connectivity index (χ0) is 19.3. The fraction of sp³-hybridized carbons (Fsp3) is 0.0455. The molecule has 3 N–H and O–H groups in total. The van der Waals surface area contributed by atoms with Gasteiger partial charge in [-0.1, -0.05) is 48.5 Å². The van der Waals surface area contributed by atoms with Gasteiger partial charge in [0.15, 0.2) is 5.78 Å². The number of hydrogen-bond donors (Lipinski definition) is 3. The van der Waals surface area contributed by atoms with Crippen molar-refractivity contribution >= 4 is 22.6 Å². The summed E-state index contributed by atoms with van der Waals surface area (Å²) in [4.78, 5) is 32.7. The van der Waals surface area contributed by atoms with Gasteiger partial charge in [-0.3, -0.25) is 20.0 Å². The van der Waals surface area contributed by atoms with Crippen molar-refractivity contribution in [3.63, 3.8) is 0 Å². The van der Waals surface area contributed by atoms with E-state index in [-0.39, 0.29) is 11.7 Å². The number of hydrogen-bond acceptors (Lipinski definition) is 4. The number of rotatable bonds is 6. The third kappa shape index (κ3) is 3.54. The highest BCUT2D eigenvalue weighted by molar-refractivity contribution is 6.10. The number of benzene rings is 2. The van der Waals surface area contributed by atoms with Gasteiger partial charge in [0.05, 0.1) is 0 Å². The highest BCUT2D eigenvalue weighted by atomic mass is 16.2. The van der Waals surface area contributed by atoms with Gasteiger partial charge in [-0.15, -0.1) is 0 Å². The Morgan fingerprint density at radius 1 is 0.893 bits per heavy atom. The summed E-state index contributed by atoms with van der Waals surface area (Å²) in [5, 5.41) is 0.843. The number of carbonyl (C=O) groups is 2. The molecule has 1 atom stereocenters. The van der Waals surface area contributed by atoms with Gasteiger partial charge in [0.2, 0.25) is 0 Å². The van der Waals surface area contributed by atoms with E-state index >= 15 is 0 Å². The van der Waals surface area contributed by atoms with Gasteiger partial charge in [0.25, 0.3) is 5.91 Å². The maximum Gasteiger partial charge on any atom is 0.265 e. The summed E-state index contributed by atoms with van der Waals surface area (Å²) < 4.78 is 0. The molecule has 0 spiro atoms. The SMILES string of the molecule is O=C(NN[C@H](C(=O)c1c[nH]c2ccccc12)c1ccccc1)c1ccncc1. The second-order valence-electron chi connectivity index (χ2n) is 6.29. The van der Waals surface area contributed by atoms with E-state index in [9.17, 15) is 9.59 Å².